The monoisotopic (exact) mass is 495 g/mol. The number of carbonyl (C=O) groups is 1. The van der Waals surface area contributed by atoms with Crippen LogP contribution in [-0.2, 0) is 22.9 Å². The highest BCUT2D eigenvalue weighted by Gasteiger charge is 2.28. The Hall–Kier alpha value is -2.55. The smallest absolute Gasteiger partial charge is 0.257 e. The van der Waals surface area contributed by atoms with Gasteiger partial charge in [0.1, 0.15) is 0 Å². The molecule has 0 spiro atoms. The van der Waals surface area contributed by atoms with Gasteiger partial charge in [0, 0.05) is 29.6 Å². The lowest BCUT2D eigenvalue weighted by Gasteiger charge is -2.29. The maximum atomic E-state index is 12.9. The van der Waals surface area contributed by atoms with E-state index in [4.69, 9.17) is 0 Å². The highest BCUT2D eigenvalue weighted by atomic mass is 32.2. The largest absolute Gasteiger partial charge is 0.298 e. The lowest BCUT2D eigenvalue weighted by molar-refractivity contribution is 0.102. The number of anilines is 1. The van der Waals surface area contributed by atoms with Gasteiger partial charge in [-0.1, -0.05) is 19.1 Å². The molecule has 0 radical (unpaired) electrons. The molecule has 1 aromatic heterocycles. The van der Waals surface area contributed by atoms with E-state index >= 15 is 0 Å². The summed E-state index contributed by atoms with van der Waals surface area (Å²) in [6.45, 7) is 3.24. The average molecular weight is 496 g/mol. The topological polar surface area (TPSA) is 79.4 Å². The third-order valence-corrected chi connectivity index (χ3v) is 9.54. The van der Waals surface area contributed by atoms with E-state index in [1.165, 1.54) is 47.4 Å². The van der Waals surface area contributed by atoms with Crippen molar-refractivity contribution in [2.24, 2.45) is 5.92 Å². The number of rotatable bonds is 5. The fraction of sp³-hybridized carbons (Fsp3) is 0.385. The van der Waals surface area contributed by atoms with Crippen LogP contribution in [-0.4, -0.2) is 36.7 Å². The minimum Gasteiger partial charge on any atom is -0.298 e. The molecule has 34 heavy (non-hydrogen) atoms. The molecule has 0 unspecified atom stereocenters. The molecule has 0 saturated carbocycles. The molecule has 1 saturated heterocycles. The molecule has 0 atom stereocenters. The van der Waals surface area contributed by atoms with Crippen LogP contribution >= 0.6 is 11.3 Å². The number of piperidine rings is 1. The van der Waals surface area contributed by atoms with Gasteiger partial charge in [-0.3, -0.25) is 10.1 Å². The van der Waals surface area contributed by atoms with Crippen molar-refractivity contribution < 1.29 is 13.2 Å². The highest BCUT2D eigenvalue weighted by Crippen LogP contribution is 2.30. The second-order valence-corrected chi connectivity index (χ2v) is 12.1. The predicted octanol–water partition coefficient (Wildman–Crippen LogP) is 5.36. The Labute approximate surface area is 205 Å². The maximum absolute atomic E-state index is 12.9. The number of nitrogens with one attached hydrogen (secondary N) is 1. The SMILES string of the molecule is CC1CCN(S(=O)(=O)c2ccc(C(=O)Nc3nc(-c4ccc5c(c4)CCCC5)cs3)cc2)CC1. The van der Waals surface area contributed by atoms with Crippen LogP contribution in [0.1, 0.15) is 54.1 Å². The molecule has 0 bridgehead atoms. The summed E-state index contributed by atoms with van der Waals surface area (Å²) in [7, 11) is -3.53. The zero-order chi connectivity index (χ0) is 23.7. The van der Waals surface area contributed by atoms with Gasteiger partial charge in [-0.2, -0.15) is 4.31 Å². The molecular formula is C26H29N3O3S2. The first kappa shape index (κ1) is 23.2. The van der Waals surface area contributed by atoms with Crippen molar-refractivity contribution in [2.75, 3.05) is 18.4 Å². The summed E-state index contributed by atoms with van der Waals surface area (Å²) in [6.07, 6.45) is 6.49. The van der Waals surface area contributed by atoms with Crippen LogP contribution in [0.3, 0.4) is 0 Å². The van der Waals surface area contributed by atoms with Crippen LogP contribution in [0.15, 0.2) is 52.7 Å². The summed E-state index contributed by atoms with van der Waals surface area (Å²) in [6, 6.07) is 12.7. The summed E-state index contributed by atoms with van der Waals surface area (Å²) in [5, 5.41) is 5.32. The van der Waals surface area contributed by atoms with E-state index in [-0.39, 0.29) is 10.8 Å². The first-order valence-electron chi connectivity index (χ1n) is 11.9. The molecular weight excluding hydrogens is 466 g/mol. The van der Waals surface area contributed by atoms with E-state index in [0.717, 1.165) is 36.9 Å². The molecule has 2 aliphatic rings. The van der Waals surface area contributed by atoms with E-state index in [1.807, 2.05) is 5.38 Å². The normalized spacial score (nSPS) is 17.3. The van der Waals surface area contributed by atoms with Gasteiger partial charge in [0.05, 0.1) is 10.6 Å². The van der Waals surface area contributed by atoms with Crippen LogP contribution in [0.5, 0.6) is 0 Å². The molecule has 1 fully saturated rings. The fourth-order valence-corrected chi connectivity index (χ4v) is 6.86. The third-order valence-electron chi connectivity index (χ3n) is 6.87. The predicted molar refractivity (Wildman–Crippen MR) is 136 cm³/mol. The average Bonchev–Trinajstić information content (AvgIpc) is 3.32. The van der Waals surface area contributed by atoms with Gasteiger partial charge in [-0.15, -0.1) is 11.3 Å². The van der Waals surface area contributed by atoms with Crippen LogP contribution < -0.4 is 5.32 Å². The number of amides is 1. The number of thiazole rings is 1. The van der Waals surface area contributed by atoms with Crippen LogP contribution in [0.25, 0.3) is 11.3 Å². The number of nitrogens with zero attached hydrogens (tertiary/aromatic N) is 2. The first-order valence-corrected chi connectivity index (χ1v) is 14.2. The van der Waals surface area contributed by atoms with Crippen molar-refractivity contribution >= 4 is 32.4 Å². The van der Waals surface area contributed by atoms with E-state index in [0.29, 0.717) is 29.7 Å². The van der Waals surface area contributed by atoms with E-state index < -0.39 is 10.0 Å². The number of aromatic nitrogens is 1. The standard InChI is InChI=1S/C26H29N3O3S2/c1-18-12-14-29(15-13-18)34(31,32)23-10-8-20(9-11-23)25(30)28-26-27-24(17-33-26)22-7-6-19-4-2-3-5-21(19)16-22/h6-11,16-18H,2-5,12-15H2,1H3,(H,27,28,30). The van der Waals surface area contributed by atoms with Gasteiger partial charge in [0.25, 0.3) is 5.91 Å². The van der Waals surface area contributed by atoms with Gasteiger partial charge in [0.15, 0.2) is 5.13 Å². The fourth-order valence-electron chi connectivity index (χ4n) is 4.68. The summed E-state index contributed by atoms with van der Waals surface area (Å²) in [5.74, 6) is 0.248. The number of carbonyl (C=O) groups excluding carboxylic acids is 1. The number of fused-ring (bicyclic) bond motifs is 1. The number of aryl methyl sites for hydroxylation is 2. The quantitative estimate of drug-likeness (QED) is 0.517. The van der Waals surface area contributed by atoms with Crippen molar-refractivity contribution in [2.45, 2.75) is 50.3 Å². The Morgan fingerprint density at radius 1 is 1.03 bits per heavy atom. The van der Waals surface area contributed by atoms with Gasteiger partial charge < -0.3 is 0 Å². The van der Waals surface area contributed by atoms with Crippen molar-refractivity contribution in [3.05, 3.63) is 64.5 Å². The number of hydrogen-bond acceptors (Lipinski definition) is 5. The van der Waals surface area contributed by atoms with Gasteiger partial charge in [-0.25, -0.2) is 13.4 Å². The third kappa shape index (κ3) is 4.80. The minimum atomic E-state index is -3.53. The lowest BCUT2D eigenvalue weighted by atomic mass is 9.90. The molecule has 2 heterocycles. The lowest BCUT2D eigenvalue weighted by Crippen LogP contribution is -2.37. The molecule has 6 nitrogen and oxygen atoms in total. The number of hydrogen-bond donors (Lipinski definition) is 1. The second kappa shape index (κ2) is 9.60. The number of benzene rings is 2. The minimum absolute atomic E-state index is 0.225. The Kier molecular flexibility index (Phi) is 6.55. The highest BCUT2D eigenvalue weighted by molar-refractivity contribution is 7.89. The maximum Gasteiger partial charge on any atom is 0.257 e. The summed E-state index contributed by atoms with van der Waals surface area (Å²) >= 11 is 1.39. The molecule has 2 aromatic carbocycles. The van der Waals surface area contributed by atoms with Crippen LogP contribution in [0.4, 0.5) is 5.13 Å². The first-order chi connectivity index (χ1) is 16.4. The molecule has 8 heteroatoms. The zero-order valence-electron chi connectivity index (χ0n) is 19.3. The Morgan fingerprint density at radius 3 is 2.47 bits per heavy atom. The molecule has 1 aliphatic carbocycles. The van der Waals surface area contributed by atoms with E-state index in [1.54, 1.807) is 16.4 Å². The Balaban J connectivity index is 1.26. The van der Waals surface area contributed by atoms with Crippen molar-refractivity contribution in [1.82, 2.24) is 9.29 Å². The summed E-state index contributed by atoms with van der Waals surface area (Å²) in [5.41, 5.74) is 5.15. The van der Waals surface area contributed by atoms with Gasteiger partial charge in [-0.05, 0) is 85.9 Å². The summed E-state index contributed by atoms with van der Waals surface area (Å²) in [4.78, 5) is 17.6. The van der Waals surface area contributed by atoms with E-state index in [2.05, 4.69) is 35.4 Å². The van der Waals surface area contributed by atoms with Gasteiger partial charge >= 0.3 is 0 Å². The van der Waals surface area contributed by atoms with Gasteiger partial charge in [0.2, 0.25) is 10.0 Å². The molecule has 1 N–H and O–H groups in total. The molecule has 178 valence electrons. The second-order valence-electron chi connectivity index (χ2n) is 9.29. The zero-order valence-corrected chi connectivity index (χ0v) is 20.9. The van der Waals surface area contributed by atoms with Crippen molar-refractivity contribution in [1.29, 1.82) is 0 Å². The van der Waals surface area contributed by atoms with Crippen molar-refractivity contribution in [3.63, 3.8) is 0 Å². The Morgan fingerprint density at radius 2 is 1.74 bits per heavy atom. The van der Waals surface area contributed by atoms with E-state index in [9.17, 15) is 13.2 Å². The Bertz CT molecular complexity index is 1290. The molecule has 5 rings (SSSR count). The molecule has 1 amide bonds. The summed E-state index contributed by atoms with van der Waals surface area (Å²) < 4.78 is 27.4. The van der Waals surface area contributed by atoms with Crippen LogP contribution in [0, 0.1) is 5.92 Å². The molecule has 1 aliphatic heterocycles. The van der Waals surface area contributed by atoms with Crippen LogP contribution in [0.2, 0.25) is 0 Å². The molecule has 3 aromatic rings. The van der Waals surface area contributed by atoms with Crippen molar-refractivity contribution in [3.8, 4) is 11.3 Å². The number of sulfonamides is 1.